The molecule has 0 bridgehead atoms. The number of nitrogens with zero attached hydrogens (tertiary/aromatic N) is 1. The van der Waals surface area contributed by atoms with Crippen molar-refractivity contribution in [3.8, 4) is 5.75 Å². The molecular formula is C15H23N3O3. The molecule has 0 amide bonds. The van der Waals surface area contributed by atoms with E-state index < -0.39 is 4.92 Å². The predicted molar refractivity (Wildman–Crippen MR) is 83.0 cm³/mol. The topological polar surface area (TPSA) is 76.4 Å². The van der Waals surface area contributed by atoms with E-state index in [0.717, 1.165) is 31.6 Å². The third-order valence-electron chi connectivity index (χ3n) is 3.60. The van der Waals surface area contributed by atoms with E-state index in [1.807, 2.05) is 6.92 Å². The number of nitrogens with one attached hydrogen (secondary N) is 2. The fourth-order valence-corrected chi connectivity index (χ4v) is 2.50. The Balaban J connectivity index is 1.93. The summed E-state index contributed by atoms with van der Waals surface area (Å²) in [6, 6.07) is 5.54. The largest absolute Gasteiger partial charge is 0.487 e. The molecule has 1 saturated heterocycles. The first-order chi connectivity index (χ1) is 10.2. The van der Waals surface area contributed by atoms with Crippen LogP contribution in [0.25, 0.3) is 0 Å². The van der Waals surface area contributed by atoms with Gasteiger partial charge in [0.2, 0.25) is 0 Å². The van der Waals surface area contributed by atoms with E-state index in [1.165, 1.54) is 18.9 Å². The second-order valence-corrected chi connectivity index (χ2v) is 5.30. The number of anilines is 1. The van der Waals surface area contributed by atoms with Crippen LogP contribution in [-0.2, 0) is 0 Å². The minimum absolute atomic E-state index is 0.0199. The first kappa shape index (κ1) is 15.6. The van der Waals surface area contributed by atoms with Crippen LogP contribution in [0.2, 0.25) is 0 Å². The number of nitro groups is 1. The van der Waals surface area contributed by atoms with Crippen molar-refractivity contribution in [2.24, 2.45) is 0 Å². The normalized spacial score (nSPS) is 17.7. The summed E-state index contributed by atoms with van der Waals surface area (Å²) in [4.78, 5) is 10.6. The number of rotatable bonds is 8. The van der Waals surface area contributed by atoms with E-state index >= 15 is 0 Å². The first-order valence-corrected chi connectivity index (χ1v) is 7.59. The summed E-state index contributed by atoms with van der Waals surface area (Å²) in [6.07, 6.45) is 4.36. The van der Waals surface area contributed by atoms with Gasteiger partial charge in [0.15, 0.2) is 5.75 Å². The van der Waals surface area contributed by atoms with Gasteiger partial charge in [0.1, 0.15) is 0 Å². The highest BCUT2D eigenvalue weighted by atomic mass is 16.6. The van der Waals surface area contributed by atoms with Gasteiger partial charge >= 0.3 is 5.69 Å². The zero-order valence-corrected chi connectivity index (χ0v) is 12.4. The Morgan fingerprint density at radius 2 is 2.38 bits per heavy atom. The van der Waals surface area contributed by atoms with Crippen LogP contribution in [0.3, 0.4) is 0 Å². The minimum atomic E-state index is -0.406. The molecule has 2 rings (SSSR count). The van der Waals surface area contributed by atoms with Crippen LogP contribution >= 0.6 is 0 Å². The van der Waals surface area contributed by atoms with Gasteiger partial charge in [-0.1, -0.05) is 6.92 Å². The van der Waals surface area contributed by atoms with E-state index in [9.17, 15) is 10.1 Å². The lowest BCUT2D eigenvalue weighted by Crippen LogP contribution is -2.24. The third kappa shape index (κ3) is 4.60. The lowest BCUT2D eigenvalue weighted by molar-refractivity contribution is -0.385. The van der Waals surface area contributed by atoms with Gasteiger partial charge in [0.25, 0.3) is 0 Å². The van der Waals surface area contributed by atoms with Crippen LogP contribution in [0.4, 0.5) is 11.4 Å². The van der Waals surface area contributed by atoms with Gasteiger partial charge in [-0.15, -0.1) is 0 Å². The molecule has 1 aliphatic heterocycles. The van der Waals surface area contributed by atoms with Crippen molar-refractivity contribution in [1.29, 1.82) is 0 Å². The molecule has 1 atom stereocenters. The molecule has 1 aromatic rings. The maximum Gasteiger partial charge on any atom is 0.311 e. The SMILES string of the molecule is CCCOc1cc(NCCC2CCCN2)ccc1[N+](=O)[O-]. The Morgan fingerprint density at radius 3 is 3.05 bits per heavy atom. The zero-order chi connectivity index (χ0) is 15.1. The summed E-state index contributed by atoms with van der Waals surface area (Å²) < 4.78 is 5.47. The molecule has 0 saturated carbocycles. The summed E-state index contributed by atoms with van der Waals surface area (Å²) in [7, 11) is 0. The van der Waals surface area contributed by atoms with Crippen molar-refractivity contribution < 1.29 is 9.66 Å². The average molecular weight is 293 g/mol. The van der Waals surface area contributed by atoms with Crippen molar-refractivity contribution in [2.75, 3.05) is 25.0 Å². The van der Waals surface area contributed by atoms with Gasteiger partial charge in [0, 0.05) is 30.4 Å². The number of nitro benzene ring substituents is 1. The Labute approximate surface area is 125 Å². The van der Waals surface area contributed by atoms with Gasteiger partial charge in [-0.2, -0.15) is 0 Å². The van der Waals surface area contributed by atoms with Gasteiger partial charge in [-0.25, -0.2) is 0 Å². The Bertz CT molecular complexity index is 473. The van der Waals surface area contributed by atoms with Crippen LogP contribution in [-0.4, -0.2) is 30.7 Å². The van der Waals surface area contributed by atoms with Gasteiger partial charge in [-0.3, -0.25) is 10.1 Å². The minimum Gasteiger partial charge on any atom is -0.487 e. The maximum atomic E-state index is 11.0. The molecule has 21 heavy (non-hydrogen) atoms. The highest BCUT2D eigenvalue weighted by Gasteiger charge is 2.16. The monoisotopic (exact) mass is 293 g/mol. The summed E-state index contributed by atoms with van der Waals surface area (Å²) in [6.45, 7) is 4.42. The lowest BCUT2D eigenvalue weighted by atomic mass is 10.1. The molecule has 1 aliphatic rings. The van der Waals surface area contributed by atoms with Crippen LogP contribution < -0.4 is 15.4 Å². The third-order valence-corrected chi connectivity index (χ3v) is 3.60. The second-order valence-electron chi connectivity index (χ2n) is 5.30. The van der Waals surface area contributed by atoms with E-state index in [2.05, 4.69) is 10.6 Å². The highest BCUT2D eigenvalue weighted by Crippen LogP contribution is 2.30. The average Bonchev–Trinajstić information content (AvgIpc) is 2.98. The van der Waals surface area contributed by atoms with E-state index in [0.29, 0.717) is 18.4 Å². The Morgan fingerprint density at radius 1 is 1.52 bits per heavy atom. The molecule has 2 N–H and O–H groups in total. The predicted octanol–water partition coefficient (Wildman–Crippen LogP) is 2.94. The van der Waals surface area contributed by atoms with Crippen molar-refractivity contribution in [1.82, 2.24) is 5.32 Å². The molecule has 116 valence electrons. The molecule has 1 fully saturated rings. The Kier molecular flexibility index (Phi) is 5.80. The lowest BCUT2D eigenvalue weighted by Gasteiger charge is -2.13. The van der Waals surface area contributed by atoms with Crippen LogP contribution in [0, 0.1) is 10.1 Å². The standard InChI is InChI=1S/C15H23N3O3/c1-2-10-21-15-11-13(5-6-14(15)18(19)20)17-9-7-12-4-3-8-16-12/h5-6,11-12,16-17H,2-4,7-10H2,1H3. The van der Waals surface area contributed by atoms with Crippen molar-refractivity contribution >= 4 is 11.4 Å². The van der Waals surface area contributed by atoms with Gasteiger partial charge in [-0.05, 0) is 38.3 Å². The molecule has 0 radical (unpaired) electrons. The summed E-state index contributed by atoms with van der Waals surface area (Å²) >= 11 is 0. The second kappa shape index (κ2) is 7.83. The molecule has 1 aromatic carbocycles. The van der Waals surface area contributed by atoms with Crippen LogP contribution in [0.15, 0.2) is 18.2 Å². The summed E-state index contributed by atoms with van der Waals surface area (Å²) in [5.41, 5.74) is 0.885. The zero-order valence-electron chi connectivity index (χ0n) is 12.4. The number of hydrogen-bond acceptors (Lipinski definition) is 5. The quantitative estimate of drug-likeness (QED) is 0.569. The first-order valence-electron chi connectivity index (χ1n) is 7.59. The van der Waals surface area contributed by atoms with E-state index in [4.69, 9.17) is 4.74 Å². The fraction of sp³-hybridized carbons (Fsp3) is 0.600. The molecule has 6 nitrogen and oxygen atoms in total. The van der Waals surface area contributed by atoms with Crippen LogP contribution in [0.5, 0.6) is 5.75 Å². The van der Waals surface area contributed by atoms with Crippen molar-refractivity contribution in [2.45, 2.75) is 38.6 Å². The molecule has 1 unspecified atom stereocenters. The van der Waals surface area contributed by atoms with E-state index in [1.54, 1.807) is 12.1 Å². The van der Waals surface area contributed by atoms with Gasteiger partial charge in [0.05, 0.1) is 11.5 Å². The number of ether oxygens (including phenoxy) is 1. The molecule has 1 heterocycles. The molecular weight excluding hydrogens is 270 g/mol. The smallest absolute Gasteiger partial charge is 0.311 e. The Hall–Kier alpha value is -1.82. The van der Waals surface area contributed by atoms with E-state index in [-0.39, 0.29) is 5.69 Å². The number of hydrogen-bond donors (Lipinski definition) is 2. The van der Waals surface area contributed by atoms with Crippen molar-refractivity contribution in [3.05, 3.63) is 28.3 Å². The maximum absolute atomic E-state index is 11.0. The molecule has 0 spiro atoms. The molecule has 6 heteroatoms. The summed E-state index contributed by atoms with van der Waals surface area (Å²) in [5, 5.41) is 17.7. The van der Waals surface area contributed by atoms with Crippen LogP contribution in [0.1, 0.15) is 32.6 Å². The number of benzene rings is 1. The summed E-state index contributed by atoms with van der Waals surface area (Å²) in [5.74, 6) is 0.339. The molecule has 0 aromatic heterocycles. The highest BCUT2D eigenvalue weighted by molar-refractivity contribution is 5.58. The van der Waals surface area contributed by atoms with Gasteiger partial charge < -0.3 is 15.4 Å². The van der Waals surface area contributed by atoms with Crippen molar-refractivity contribution in [3.63, 3.8) is 0 Å². The fourth-order valence-electron chi connectivity index (χ4n) is 2.50. The molecule has 0 aliphatic carbocycles.